The number of likely N-dealkylation sites (N-methyl/N-ethyl adjacent to an activating group) is 2. The Hall–Kier alpha value is -2.20. The zero-order valence-corrected chi connectivity index (χ0v) is 19.4. The molecule has 172 valence electrons. The number of nitrogens with zero attached hydrogens (tertiary/aromatic N) is 6. The van der Waals surface area contributed by atoms with Crippen molar-refractivity contribution in [2.45, 2.75) is 34.1 Å². The lowest BCUT2D eigenvalue weighted by Crippen LogP contribution is -2.45. The summed E-state index contributed by atoms with van der Waals surface area (Å²) in [5, 5.41) is 0. The molecule has 0 atom stereocenters. The predicted octanol–water partition coefficient (Wildman–Crippen LogP) is 1.01. The number of anilines is 2. The van der Waals surface area contributed by atoms with Gasteiger partial charge in [0.25, 0.3) is 0 Å². The topological polar surface area (TPSA) is 110 Å². The van der Waals surface area contributed by atoms with Crippen LogP contribution in [0, 0.1) is 5.92 Å². The molecule has 1 aliphatic heterocycles. The fourth-order valence-corrected chi connectivity index (χ4v) is 2.64. The second kappa shape index (κ2) is 13.9. The van der Waals surface area contributed by atoms with Crippen LogP contribution in [0.5, 0.6) is 6.01 Å². The minimum atomic E-state index is -0.454. The first-order valence-corrected chi connectivity index (χ1v) is 10.7. The molecule has 2 rings (SSSR count). The van der Waals surface area contributed by atoms with Crippen LogP contribution in [-0.4, -0.2) is 92.4 Å². The average Bonchev–Trinajstić information content (AvgIpc) is 2.71. The first-order valence-electron chi connectivity index (χ1n) is 10.7. The number of carbonyl (C=O) groups is 1. The summed E-state index contributed by atoms with van der Waals surface area (Å²) in [5.74, 6) is 1.06. The summed E-state index contributed by atoms with van der Waals surface area (Å²) >= 11 is 0. The summed E-state index contributed by atoms with van der Waals surface area (Å²) in [4.78, 5) is 30.5. The summed E-state index contributed by atoms with van der Waals surface area (Å²) in [6.45, 7) is 13.4. The van der Waals surface area contributed by atoms with E-state index in [0.29, 0.717) is 37.6 Å². The van der Waals surface area contributed by atoms with Gasteiger partial charge in [-0.3, -0.25) is 4.79 Å². The van der Waals surface area contributed by atoms with Crippen molar-refractivity contribution in [3.8, 4) is 6.01 Å². The number of hydrogen-bond donors (Lipinski definition) is 1. The number of hydrogen-bond acceptors (Lipinski definition) is 9. The third-order valence-corrected chi connectivity index (χ3v) is 4.41. The molecule has 0 aliphatic carbocycles. The second-order valence-corrected chi connectivity index (χ2v) is 7.47. The van der Waals surface area contributed by atoms with Gasteiger partial charge >= 0.3 is 6.01 Å². The maximum absolute atomic E-state index is 11.3. The van der Waals surface area contributed by atoms with Gasteiger partial charge in [0.05, 0.1) is 13.2 Å². The van der Waals surface area contributed by atoms with Gasteiger partial charge in [-0.2, -0.15) is 15.0 Å². The van der Waals surface area contributed by atoms with Gasteiger partial charge in [-0.05, 0) is 19.4 Å². The third kappa shape index (κ3) is 9.53. The second-order valence-electron chi connectivity index (χ2n) is 7.47. The van der Waals surface area contributed by atoms with Crippen LogP contribution in [0.15, 0.2) is 0 Å². The van der Waals surface area contributed by atoms with E-state index in [9.17, 15) is 4.79 Å². The molecule has 1 aromatic heterocycles. The van der Waals surface area contributed by atoms with Crippen molar-refractivity contribution in [1.29, 1.82) is 0 Å². The predicted molar refractivity (Wildman–Crippen MR) is 119 cm³/mol. The number of carbonyl (C=O) groups excluding carboxylic acids is 1. The molecule has 30 heavy (non-hydrogen) atoms. The minimum Gasteiger partial charge on any atom is -0.461 e. The van der Waals surface area contributed by atoms with Gasteiger partial charge in [-0.1, -0.05) is 27.7 Å². The van der Waals surface area contributed by atoms with Crippen molar-refractivity contribution in [3.63, 3.8) is 0 Å². The van der Waals surface area contributed by atoms with Crippen LogP contribution in [0.1, 0.15) is 34.1 Å². The number of primary amides is 1. The number of nitrogens with two attached hydrogens (primary N) is 1. The smallest absolute Gasteiger partial charge is 0.323 e. The minimum absolute atomic E-state index is 0.0178. The van der Waals surface area contributed by atoms with Gasteiger partial charge in [0, 0.05) is 39.8 Å². The van der Waals surface area contributed by atoms with E-state index in [0.717, 1.165) is 32.6 Å². The summed E-state index contributed by atoms with van der Waals surface area (Å²) < 4.78 is 11.3. The number of amides is 1. The Morgan fingerprint density at radius 1 is 1.10 bits per heavy atom. The Labute approximate surface area is 180 Å². The Morgan fingerprint density at radius 2 is 1.77 bits per heavy atom. The highest BCUT2D eigenvalue weighted by molar-refractivity contribution is 5.78. The first kappa shape index (κ1) is 25.8. The SMILES string of the molecule is CC.CC(C)CCOCCOc1nc(N(C)CC(N)=O)nc(N2CCN(C)CC2)n1. The van der Waals surface area contributed by atoms with Gasteiger partial charge in [0.1, 0.15) is 6.61 Å². The lowest BCUT2D eigenvalue weighted by atomic mass is 10.1. The molecule has 1 amide bonds. The number of piperazine rings is 1. The van der Waals surface area contributed by atoms with E-state index in [-0.39, 0.29) is 12.6 Å². The van der Waals surface area contributed by atoms with Crippen molar-refractivity contribution >= 4 is 17.8 Å². The van der Waals surface area contributed by atoms with Gasteiger partial charge in [-0.15, -0.1) is 0 Å². The van der Waals surface area contributed by atoms with Crippen LogP contribution in [0.2, 0.25) is 0 Å². The van der Waals surface area contributed by atoms with Crippen molar-refractivity contribution in [2.24, 2.45) is 11.7 Å². The highest BCUT2D eigenvalue weighted by Gasteiger charge is 2.20. The molecule has 0 saturated carbocycles. The maximum atomic E-state index is 11.3. The van der Waals surface area contributed by atoms with E-state index in [1.807, 2.05) is 13.8 Å². The highest BCUT2D eigenvalue weighted by Crippen LogP contribution is 2.18. The largest absolute Gasteiger partial charge is 0.461 e. The first-order chi connectivity index (χ1) is 14.3. The molecular formula is C20H39N7O3. The fourth-order valence-electron chi connectivity index (χ4n) is 2.64. The van der Waals surface area contributed by atoms with Crippen molar-refractivity contribution in [2.75, 3.05) is 76.4 Å². The molecular weight excluding hydrogens is 386 g/mol. The number of aromatic nitrogens is 3. The molecule has 0 aromatic carbocycles. The Bertz CT molecular complexity index is 622. The van der Waals surface area contributed by atoms with Crippen molar-refractivity contribution in [3.05, 3.63) is 0 Å². The average molecular weight is 426 g/mol. The molecule has 0 radical (unpaired) electrons. The van der Waals surface area contributed by atoms with Gasteiger partial charge < -0.3 is 29.9 Å². The molecule has 1 aliphatic rings. The third-order valence-electron chi connectivity index (χ3n) is 4.41. The van der Waals surface area contributed by atoms with E-state index in [1.165, 1.54) is 0 Å². The van der Waals surface area contributed by atoms with Crippen LogP contribution in [0.25, 0.3) is 0 Å². The van der Waals surface area contributed by atoms with E-state index in [2.05, 4.69) is 45.6 Å². The highest BCUT2D eigenvalue weighted by atomic mass is 16.5. The van der Waals surface area contributed by atoms with Crippen LogP contribution in [0.4, 0.5) is 11.9 Å². The van der Waals surface area contributed by atoms with Gasteiger partial charge in [-0.25, -0.2) is 0 Å². The molecule has 2 heterocycles. The summed E-state index contributed by atoms with van der Waals surface area (Å²) in [6.07, 6.45) is 1.02. The van der Waals surface area contributed by atoms with Crippen LogP contribution >= 0.6 is 0 Å². The van der Waals surface area contributed by atoms with E-state index >= 15 is 0 Å². The Morgan fingerprint density at radius 3 is 2.37 bits per heavy atom. The number of rotatable bonds is 11. The molecule has 0 spiro atoms. The standard InChI is InChI=1S/C18H33N7O3.C2H6/c1-14(2)5-10-27-11-12-28-18-21-16(24(4)13-15(19)26)20-17(22-18)25-8-6-23(3)7-9-25;1-2/h14H,5-13H2,1-4H3,(H2,19,26);1-2H3. The van der Waals surface area contributed by atoms with Crippen molar-refractivity contribution in [1.82, 2.24) is 19.9 Å². The molecule has 1 aromatic rings. The molecule has 10 heteroatoms. The zero-order chi connectivity index (χ0) is 22.5. The van der Waals surface area contributed by atoms with Crippen LogP contribution in [-0.2, 0) is 9.53 Å². The summed E-state index contributed by atoms with van der Waals surface area (Å²) in [6, 6.07) is 0.225. The number of ether oxygens (including phenoxy) is 2. The lowest BCUT2D eigenvalue weighted by Gasteiger charge is -2.32. The van der Waals surface area contributed by atoms with E-state index < -0.39 is 5.91 Å². The van der Waals surface area contributed by atoms with Gasteiger partial charge in [0.2, 0.25) is 17.8 Å². The summed E-state index contributed by atoms with van der Waals surface area (Å²) in [7, 11) is 3.80. The maximum Gasteiger partial charge on any atom is 0.323 e. The molecule has 0 unspecified atom stereocenters. The molecule has 0 bridgehead atoms. The Kier molecular flexibility index (Phi) is 12.0. The van der Waals surface area contributed by atoms with Gasteiger partial charge in [0.15, 0.2) is 0 Å². The monoisotopic (exact) mass is 425 g/mol. The van der Waals surface area contributed by atoms with Crippen LogP contribution < -0.4 is 20.3 Å². The Balaban J connectivity index is 0.00000218. The molecule has 10 nitrogen and oxygen atoms in total. The van der Waals surface area contributed by atoms with Crippen molar-refractivity contribution < 1.29 is 14.3 Å². The quantitative estimate of drug-likeness (QED) is 0.519. The zero-order valence-electron chi connectivity index (χ0n) is 19.4. The van der Waals surface area contributed by atoms with E-state index in [1.54, 1.807) is 11.9 Å². The molecule has 1 saturated heterocycles. The van der Waals surface area contributed by atoms with Crippen LogP contribution in [0.3, 0.4) is 0 Å². The lowest BCUT2D eigenvalue weighted by molar-refractivity contribution is -0.116. The molecule has 2 N–H and O–H groups in total. The molecule has 1 fully saturated rings. The normalized spacial score (nSPS) is 14.3. The van der Waals surface area contributed by atoms with E-state index in [4.69, 9.17) is 15.2 Å². The fraction of sp³-hybridized carbons (Fsp3) is 0.800. The summed E-state index contributed by atoms with van der Waals surface area (Å²) in [5.41, 5.74) is 5.30.